The molecule has 0 saturated heterocycles. The van der Waals surface area contributed by atoms with E-state index in [2.05, 4.69) is 10.0 Å². The molecule has 0 fully saturated rings. The van der Waals surface area contributed by atoms with Gasteiger partial charge in [0.05, 0.1) is 20.6 Å². The first kappa shape index (κ1) is 22.9. The minimum Gasteiger partial charge on any atom is -0.484 e. The van der Waals surface area contributed by atoms with Crippen LogP contribution in [0.15, 0.2) is 77.7 Å². The number of halogens is 2. The molecule has 0 aromatic heterocycles. The van der Waals surface area contributed by atoms with Crippen LogP contribution in [-0.4, -0.2) is 27.5 Å². The van der Waals surface area contributed by atoms with Gasteiger partial charge >= 0.3 is 0 Å². The molecular weight excluding hydrogens is 459 g/mol. The molecule has 162 valence electrons. The van der Waals surface area contributed by atoms with Gasteiger partial charge in [0.2, 0.25) is 0 Å². The zero-order valence-electron chi connectivity index (χ0n) is 16.3. The molecule has 0 atom stereocenters. The van der Waals surface area contributed by atoms with E-state index in [9.17, 15) is 13.2 Å². The lowest BCUT2D eigenvalue weighted by Crippen LogP contribution is -2.30. The minimum absolute atomic E-state index is 0.0400. The summed E-state index contributed by atoms with van der Waals surface area (Å²) >= 11 is 11.8. The molecule has 6 nitrogen and oxygen atoms in total. The molecule has 0 unspecified atom stereocenters. The first-order chi connectivity index (χ1) is 14.8. The normalized spacial score (nSPS) is 11.0. The van der Waals surface area contributed by atoms with E-state index in [1.165, 1.54) is 42.5 Å². The molecule has 3 rings (SSSR count). The summed E-state index contributed by atoms with van der Waals surface area (Å²) in [4.78, 5) is 12.0. The van der Waals surface area contributed by atoms with E-state index in [1.807, 2.05) is 30.3 Å². The first-order valence-electron chi connectivity index (χ1n) is 9.35. The Labute approximate surface area is 191 Å². The number of carbonyl (C=O) groups is 1. The summed E-state index contributed by atoms with van der Waals surface area (Å²) in [6.07, 6.45) is 0.727. The summed E-state index contributed by atoms with van der Waals surface area (Å²) in [7, 11) is -3.82. The van der Waals surface area contributed by atoms with Gasteiger partial charge in [-0.3, -0.25) is 9.52 Å². The van der Waals surface area contributed by atoms with Crippen molar-refractivity contribution in [2.75, 3.05) is 17.9 Å². The number of amides is 1. The van der Waals surface area contributed by atoms with Crippen molar-refractivity contribution in [2.24, 2.45) is 0 Å². The maximum Gasteiger partial charge on any atom is 0.261 e. The molecule has 0 spiro atoms. The molecule has 0 aliphatic heterocycles. The van der Waals surface area contributed by atoms with Gasteiger partial charge in [-0.05, 0) is 54.4 Å². The quantitative estimate of drug-likeness (QED) is 0.472. The van der Waals surface area contributed by atoms with Gasteiger partial charge in [-0.15, -0.1) is 0 Å². The zero-order valence-corrected chi connectivity index (χ0v) is 18.7. The monoisotopic (exact) mass is 478 g/mol. The summed E-state index contributed by atoms with van der Waals surface area (Å²) in [5, 5.41) is 3.35. The summed E-state index contributed by atoms with van der Waals surface area (Å²) in [6.45, 7) is 0.339. The zero-order chi connectivity index (χ0) is 22.3. The topological polar surface area (TPSA) is 84.5 Å². The van der Waals surface area contributed by atoms with Crippen molar-refractivity contribution in [2.45, 2.75) is 11.3 Å². The third kappa shape index (κ3) is 6.89. The molecule has 1 amide bonds. The lowest BCUT2D eigenvalue weighted by Gasteiger charge is -2.10. The number of carbonyl (C=O) groups excluding carboxylic acids is 1. The SMILES string of the molecule is O=C(COc1ccc(S(=O)(=O)Nc2ccc(Cl)c(Cl)c2)cc1)NCCc1ccccc1. The van der Waals surface area contributed by atoms with Crippen LogP contribution in [0.25, 0.3) is 0 Å². The Kier molecular flexibility index (Phi) is 7.79. The van der Waals surface area contributed by atoms with Crippen molar-refractivity contribution in [3.05, 3.63) is 88.4 Å². The molecule has 3 aromatic carbocycles. The van der Waals surface area contributed by atoms with Crippen molar-refractivity contribution in [3.63, 3.8) is 0 Å². The van der Waals surface area contributed by atoms with E-state index in [1.54, 1.807) is 0 Å². The highest BCUT2D eigenvalue weighted by atomic mass is 35.5. The fraction of sp³-hybridized carbons (Fsp3) is 0.136. The van der Waals surface area contributed by atoms with Crippen LogP contribution in [0.2, 0.25) is 10.0 Å². The molecule has 0 heterocycles. The lowest BCUT2D eigenvalue weighted by molar-refractivity contribution is -0.123. The Bertz CT molecular complexity index is 1140. The highest BCUT2D eigenvalue weighted by Crippen LogP contribution is 2.26. The van der Waals surface area contributed by atoms with Crippen LogP contribution in [0, 0.1) is 0 Å². The number of anilines is 1. The van der Waals surface area contributed by atoms with E-state index < -0.39 is 10.0 Å². The highest BCUT2D eigenvalue weighted by molar-refractivity contribution is 7.92. The molecule has 0 aliphatic carbocycles. The summed E-state index contributed by atoms with van der Waals surface area (Å²) in [5.41, 5.74) is 1.43. The molecule has 9 heteroatoms. The molecule has 0 saturated carbocycles. The van der Waals surface area contributed by atoms with E-state index in [0.29, 0.717) is 23.0 Å². The Balaban J connectivity index is 1.49. The Morgan fingerprint density at radius 1 is 0.903 bits per heavy atom. The third-order valence-corrected chi connectivity index (χ3v) is 6.39. The fourth-order valence-corrected chi connectivity index (χ4v) is 4.03. The van der Waals surface area contributed by atoms with Crippen LogP contribution in [0.5, 0.6) is 5.75 Å². The van der Waals surface area contributed by atoms with E-state index in [4.69, 9.17) is 27.9 Å². The van der Waals surface area contributed by atoms with Crippen LogP contribution in [-0.2, 0) is 21.2 Å². The molecule has 31 heavy (non-hydrogen) atoms. The fourth-order valence-electron chi connectivity index (χ4n) is 2.68. The van der Waals surface area contributed by atoms with Crippen molar-refractivity contribution in [1.29, 1.82) is 0 Å². The lowest BCUT2D eigenvalue weighted by atomic mass is 10.1. The van der Waals surface area contributed by atoms with Gasteiger partial charge in [0, 0.05) is 6.54 Å². The van der Waals surface area contributed by atoms with Gasteiger partial charge in [-0.1, -0.05) is 53.5 Å². The number of nitrogens with one attached hydrogen (secondary N) is 2. The second-order valence-electron chi connectivity index (χ2n) is 6.58. The van der Waals surface area contributed by atoms with Crippen molar-refractivity contribution in [1.82, 2.24) is 5.32 Å². The van der Waals surface area contributed by atoms with Gasteiger partial charge in [0.15, 0.2) is 6.61 Å². The Morgan fingerprint density at radius 3 is 2.29 bits per heavy atom. The van der Waals surface area contributed by atoms with Crippen LogP contribution in [0.4, 0.5) is 5.69 Å². The number of sulfonamides is 1. The minimum atomic E-state index is -3.82. The van der Waals surface area contributed by atoms with Crippen LogP contribution in [0.1, 0.15) is 5.56 Å². The molecule has 0 radical (unpaired) electrons. The molecule has 0 bridgehead atoms. The van der Waals surface area contributed by atoms with Crippen molar-refractivity contribution < 1.29 is 17.9 Å². The van der Waals surface area contributed by atoms with Crippen molar-refractivity contribution >= 4 is 44.8 Å². The average Bonchev–Trinajstić information content (AvgIpc) is 2.76. The first-order valence-corrected chi connectivity index (χ1v) is 11.6. The summed E-state index contributed by atoms with van der Waals surface area (Å²) in [6, 6.07) is 20.0. The summed E-state index contributed by atoms with van der Waals surface area (Å²) < 4.78 is 32.9. The van der Waals surface area contributed by atoms with Crippen LogP contribution < -0.4 is 14.8 Å². The smallest absolute Gasteiger partial charge is 0.261 e. The predicted octanol–water partition coefficient (Wildman–Crippen LogP) is 4.53. The standard InChI is InChI=1S/C22H20Cl2N2O4S/c23-20-11-6-17(14-21(20)24)26-31(28,29)19-9-7-18(8-10-19)30-15-22(27)25-13-12-16-4-2-1-3-5-16/h1-11,14,26H,12-13,15H2,(H,25,27). The van der Waals surface area contributed by atoms with Gasteiger partial charge in [0.25, 0.3) is 15.9 Å². The van der Waals surface area contributed by atoms with Gasteiger partial charge in [0.1, 0.15) is 5.75 Å². The van der Waals surface area contributed by atoms with Gasteiger partial charge in [-0.2, -0.15) is 0 Å². The van der Waals surface area contributed by atoms with E-state index in [-0.39, 0.29) is 22.4 Å². The maximum absolute atomic E-state index is 12.5. The molecule has 3 aromatic rings. The number of benzene rings is 3. The number of hydrogen-bond donors (Lipinski definition) is 2. The summed E-state index contributed by atoms with van der Waals surface area (Å²) in [5.74, 6) is 0.126. The van der Waals surface area contributed by atoms with Gasteiger partial charge < -0.3 is 10.1 Å². The molecular formula is C22H20Cl2N2O4S. The highest BCUT2D eigenvalue weighted by Gasteiger charge is 2.15. The maximum atomic E-state index is 12.5. The largest absolute Gasteiger partial charge is 0.484 e. The average molecular weight is 479 g/mol. The Hall–Kier alpha value is -2.74. The molecule has 2 N–H and O–H groups in total. The number of ether oxygens (including phenoxy) is 1. The third-order valence-electron chi connectivity index (χ3n) is 4.25. The van der Waals surface area contributed by atoms with Gasteiger partial charge in [-0.25, -0.2) is 8.42 Å². The second-order valence-corrected chi connectivity index (χ2v) is 9.08. The molecule has 0 aliphatic rings. The van der Waals surface area contributed by atoms with Crippen LogP contribution >= 0.6 is 23.2 Å². The van der Waals surface area contributed by atoms with Crippen molar-refractivity contribution in [3.8, 4) is 5.75 Å². The van der Waals surface area contributed by atoms with E-state index in [0.717, 1.165) is 12.0 Å². The Morgan fingerprint density at radius 2 is 1.61 bits per heavy atom. The second kappa shape index (κ2) is 10.5. The number of hydrogen-bond acceptors (Lipinski definition) is 4. The number of rotatable bonds is 9. The van der Waals surface area contributed by atoms with E-state index >= 15 is 0 Å². The predicted molar refractivity (Wildman–Crippen MR) is 122 cm³/mol. The van der Waals surface area contributed by atoms with Crippen LogP contribution in [0.3, 0.4) is 0 Å².